The van der Waals surface area contributed by atoms with E-state index in [1.165, 1.54) is 0 Å². The van der Waals surface area contributed by atoms with Crippen LogP contribution >= 0.6 is 0 Å². The Morgan fingerprint density at radius 2 is 2.07 bits per heavy atom. The Labute approximate surface area is 84.2 Å². The van der Waals surface area contributed by atoms with E-state index < -0.39 is 0 Å². The Bertz CT molecular complexity index is 290. The number of hydrogen-bond acceptors (Lipinski definition) is 2. The Balaban J connectivity index is 2.22. The molecule has 1 aromatic rings. The molecule has 2 nitrogen and oxygen atoms in total. The van der Waals surface area contributed by atoms with Gasteiger partial charge in [-0.25, -0.2) is 0 Å². The summed E-state index contributed by atoms with van der Waals surface area (Å²) in [6, 6.07) is 9.79. The predicted molar refractivity (Wildman–Crippen MR) is 55.9 cm³/mol. The normalized spacial score (nSPS) is 9.71. The zero-order chi connectivity index (χ0) is 10.2. The summed E-state index contributed by atoms with van der Waals surface area (Å²) in [4.78, 5) is 11.0. The Kier molecular flexibility index (Phi) is 4.65. The highest BCUT2D eigenvalue weighted by molar-refractivity contribution is 5.80. The molecule has 0 saturated heterocycles. The van der Waals surface area contributed by atoms with Crippen LogP contribution in [0.25, 0.3) is 0 Å². The molecule has 0 aromatic heterocycles. The van der Waals surface area contributed by atoms with Gasteiger partial charge in [0.15, 0.2) is 5.78 Å². The highest BCUT2D eigenvalue weighted by Crippen LogP contribution is 2.00. The molecule has 0 spiro atoms. The van der Waals surface area contributed by atoms with E-state index in [0.717, 1.165) is 5.56 Å². The van der Waals surface area contributed by atoms with Gasteiger partial charge in [0, 0.05) is 6.42 Å². The van der Waals surface area contributed by atoms with Crippen molar-refractivity contribution in [1.82, 2.24) is 0 Å². The highest BCUT2D eigenvalue weighted by Gasteiger charge is 1.98. The first-order valence-electron chi connectivity index (χ1n) is 4.57. The molecule has 0 bridgehead atoms. The molecule has 0 fully saturated rings. The van der Waals surface area contributed by atoms with Crippen molar-refractivity contribution in [2.45, 2.75) is 13.0 Å². The number of ketones is 1. The molecular formula is C12H14O2. The number of rotatable bonds is 6. The van der Waals surface area contributed by atoms with E-state index in [9.17, 15) is 4.79 Å². The molecule has 2 heteroatoms. The molecule has 0 heterocycles. The lowest BCUT2D eigenvalue weighted by Gasteiger charge is -2.02. The lowest BCUT2D eigenvalue weighted by atomic mass is 10.2. The van der Waals surface area contributed by atoms with Crippen LogP contribution in [0.15, 0.2) is 43.0 Å². The maximum absolute atomic E-state index is 11.0. The fourth-order valence-electron chi connectivity index (χ4n) is 1.08. The lowest BCUT2D eigenvalue weighted by Crippen LogP contribution is -2.07. The third-order valence-electron chi connectivity index (χ3n) is 1.75. The molecule has 1 rings (SSSR count). The first-order chi connectivity index (χ1) is 6.83. The summed E-state index contributed by atoms with van der Waals surface area (Å²) in [6.07, 6.45) is 1.98. The van der Waals surface area contributed by atoms with Gasteiger partial charge in [0.1, 0.15) is 6.61 Å². The molecule has 0 amide bonds. The van der Waals surface area contributed by atoms with Crippen LogP contribution in [0.4, 0.5) is 0 Å². The largest absolute Gasteiger partial charge is 0.369 e. The van der Waals surface area contributed by atoms with E-state index >= 15 is 0 Å². The van der Waals surface area contributed by atoms with E-state index in [-0.39, 0.29) is 12.4 Å². The second kappa shape index (κ2) is 6.11. The van der Waals surface area contributed by atoms with Gasteiger partial charge in [-0.15, -0.1) is 6.58 Å². The van der Waals surface area contributed by atoms with Crippen molar-refractivity contribution in [2.75, 3.05) is 6.61 Å². The molecule has 0 aliphatic carbocycles. The van der Waals surface area contributed by atoms with Gasteiger partial charge in [0.25, 0.3) is 0 Å². The second-order valence-corrected chi connectivity index (χ2v) is 3.01. The smallest absolute Gasteiger partial charge is 0.162 e. The molecule has 0 unspecified atom stereocenters. The average molecular weight is 190 g/mol. The minimum Gasteiger partial charge on any atom is -0.369 e. The Morgan fingerprint density at radius 1 is 1.36 bits per heavy atom. The summed E-state index contributed by atoms with van der Waals surface area (Å²) in [5.41, 5.74) is 1.08. The topological polar surface area (TPSA) is 26.3 Å². The van der Waals surface area contributed by atoms with Crippen LogP contribution in [-0.2, 0) is 16.1 Å². The molecule has 0 N–H and O–H groups in total. The third kappa shape index (κ3) is 4.01. The number of hydrogen-bond donors (Lipinski definition) is 0. The Morgan fingerprint density at radius 3 is 2.71 bits per heavy atom. The van der Waals surface area contributed by atoms with Crippen molar-refractivity contribution < 1.29 is 9.53 Å². The summed E-state index contributed by atoms with van der Waals surface area (Å²) in [6.45, 7) is 4.15. The van der Waals surface area contributed by atoms with Gasteiger partial charge in [-0.2, -0.15) is 0 Å². The van der Waals surface area contributed by atoms with Crippen LogP contribution in [0.1, 0.15) is 12.0 Å². The zero-order valence-corrected chi connectivity index (χ0v) is 8.11. The van der Waals surface area contributed by atoms with E-state index in [1.807, 2.05) is 30.3 Å². The van der Waals surface area contributed by atoms with Crippen LogP contribution < -0.4 is 0 Å². The maximum atomic E-state index is 11.0. The van der Waals surface area contributed by atoms with Crippen LogP contribution in [0.3, 0.4) is 0 Å². The summed E-state index contributed by atoms with van der Waals surface area (Å²) in [5, 5.41) is 0. The highest BCUT2D eigenvalue weighted by atomic mass is 16.5. The summed E-state index contributed by atoms with van der Waals surface area (Å²) >= 11 is 0. The number of ether oxygens (including phenoxy) is 1. The minimum absolute atomic E-state index is 0.0657. The van der Waals surface area contributed by atoms with E-state index in [4.69, 9.17) is 4.74 Å². The van der Waals surface area contributed by atoms with Crippen molar-refractivity contribution in [1.29, 1.82) is 0 Å². The van der Waals surface area contributed by atoms with Gasteiger partial charge in [-0.3, -0.25) is 4.79 Å². The molecule has 0 radical (unpaired) electrons. The monoisotopic (exact) mass is 190 g/mol. The van der Waals surface area contributed by atoms with Crippen LogP contribution in [0.5, 0.6) is 0 Å². The molecule has 74 valence electrons. The molecule has 1 aromatic carbocycles. The van der Waals surface area contributed by atoms with Gasteiger partial charge in [0.2, 0.25) is 0 Å². The summed E-state index contributed by atoms with van der Waals surface area (Å²) < 4.78 is 5.24. The first kappa shape index (κ1) is 10.7. The van der Waals surface area contributed by atoms with Crippen molar-refractivity contribution in [2.24, 2.45) is 0 Å². The number of carbonyl (C=O) groups excluding carboxylic acids is 1. The lowest BCUT2D eigenvalue weighted by molar-refractivity contribution is -0.123. The first-order valence-corrected chi connectivity index (χ1v) is 4.57. The predicted octanol–water partition coefficient (Wildman–Crippen LogP) is 2.35. The molecule has 0 aliphatic rings. The minimum atomic E-state index is 0.0657. The summed E-state index contributed by atoms with van der Waals surface area (Å²) in [7, 11) is 0. The van der Waals surface area contributed by atoms with Crippen molar-refractivity contribution >= 4 is 5.78 Å². The van der Waals surface area contributed by atoms with Crippen molar-refractivity contribution in [3.63, 3.8) is 0 Å². The van der Waals surface area contributed by atoms with Crippen molar-refractivity contribution in [3.8, 4) is 0 Å². The molecule has 0 atom stereocenters. The van der Waals surface area contributed by atoms with E-state index in [0.29, 0.717) is 13.0 Å². The van der Waals surface area contributed by atoms with Crippen LogP contribution in [0.2, 0.25) is 0 Å². The van der Waals surface area contributed by atoms with Crippen LogP contribution in [0, 0.1) is 0 Å². The number of Topliss-reactive ketones (excluding diaryl/α,β-unsaturated/α-hetero) is 1. The van der Waals surface area contributed by atoms with E-state index in [2.05, 4.69) is 6.58 Å². The second-order valence-electron chi connectivity index (χ2n) is 3.01. The average Bonchev–Trinajstić information content (AvgIpc) is 2.20. The quantitative estimate of drug-likeness (QED) is 0.643. The van der Waals surface area contributed by atoms with Gasteiger partial charge >= 0.3 is 0 Å². The standard InChI is InChI=1S/C12H14O2/c1-2-6-12(13)10-14-9-11-7-4-3-5-8-11/h2-5,7-8H,1,6,9-10H2. The van der Waals surface area contributed by atoms with Gasteiger partial charge in [0.05, 0.1) is 6.61 Å². The van der Waals surface area contributed by atoms with Gasteiger partial charge in [-0.05, 0) is 5.56 Å². The SMILES string of the molecule is C=CCC(=O)COCc1ccccc1. The fourth-order valence-corrected chi connectivity index (χ4v) is 1.08. The zero-order valence-electron chi connectivity index (χ0n) is 8.11. The fraction of sp³-hybridized carbons (Fsp3) is 0.250. The van der Waals surface area contributed by atoms with E-state index in [1.54, 1.807) is 6.08 Å². The van der Waals surface area contributed by atoms with Gasteiger partial charge in [-0.1, -0.05) is 36.4 Å². The summed E-state index contributed by atoms with van der Waals surface area (Å²) in [5.74, 6) is 0.0657. The molecular weight excluding hydrogens is 176 g/mol. The number of benzene rings is 1. The maximum Gasteiger partial charge on any atom is 0.162 e. The molecule has 0 saturated carbocycles. The number of allylic oxidation sites excluding steroid dienone is 1. The molecule has 14 heavy (non-hydrogen) atoms. The Hall–Kier alpha value is -1.41. The number of carbonyl (C=O) groups is 1. The van der Waals surface area contributed by atoms with Gasteiger partial charge < -0.3 is 4.74 Å². The molecule has 0 aliphatic heterocycles. The van der Waals surface area contributed by atoms with Crippen molar-refractivity contribution in [3.05, 3.63) is 48.6 Å². The van der Waals surface area contributed by atoms with Crippen LogP contribution in [-0.4, -0.2) is 12.4 Å². The third-order valence-corrected chi connectivity index (χ3v) is 1.75.